The lowest BCUT2D eigenvalue weighted by Gasteiger charge is -2.38. The van der Waals surface area contributed by atoms with Crippen molar-refractivity contribution in [3.8, 4) is 33.8 Å². The average molecular weight is 1100 g/mol. The Kier molecular flexibility index (Phi) is 16.7. The normalized spacial score (nSPS) is 17.7. The van der Waals surface area contributed by atoms with Gasteiger partial charge in [0.15, 0.2) is 23.6 Å². The number of alkyl halides is 6. The second-order valence-electron chi connectivity index (χ2n) is 17.5. The Labute approximate surface area is 439 Å². The van der Waals surface area contributed by atoms with E-state index < -0.39 is 92.4 Å². The van der Waals surface area contributed by atoms with Gasteiger partial charge in [-0.2, -0.15) is 36.1 Å². The van der Waals surface area contributed by atoms with Gasteiger partial charge in [-0.05, 0) is 70.8 Å². The number of hydrogen-bond donors (Lipinski definition) is 0. The van der Waals surface area contributed by atoms with Crippen LogP contribution in [0.1, 0.15) is 33.4 Å². The first-order chi connectivity index (χ1) is 36.8. The summed E-state index contributed by atoms with van der Waals surface area (Å²) in [6, 6.07) is 10.2. The molecule has 4 heterocycles. The van der Waals surface area contributed by atoms with E-state index in [1.165, 1.54) is 58.3 Å². The van der Waals surface area contributed by atoms with Crippen molar-refractivity contribution in [2.75, 3.05) is 80.9 Å². The number of nitrogens with zero attached hydrogens (tertiary/aromatic N) is 4. The SMILES string of the molecule is COC(=O)C1CN(C(=O)/C=C/c2ccc(Sc3ccc(/C=C/C(=O)N4CCN(C(=O)OC)C(C(=O)OC)C4)c(-c4ccc5c(c4)CCOO5)c3C(F)(F)F)c(C(F)(F)F)c2-c2ccc3c(c2)CCOO3)CCN1C(=O)OC. The third kappa shape index (κ3) is 12.0. The zero-order valence-electron chi connectivity index (χ0n) is 41.5. The molecule has 408 valence electrons. The van der Waals surface area contributed by atoms with Gasteiger partial charge in [0, 0.05) is 83.2 Å². The summed E-state index contributed by atoms with van der Waals surface area (Å²) in [5, 5.41) is 0. The quantitative estimate of drug-likeness (QED) is 0.0490. The first-order valence-electron chi connectivity index (χ1n) is 23.6. The molecule has 4 aromatic rings. The van der Waals surface area contributed by atoms with E-state index >= 15 is 26.3 Å². The molecule has 4 amide bonds. The number of carbonyl (C=O) groups excluding carboxylic acids is 6. The Morgan fingerprint density at radius 2 is 0.961 bits per heavy atom. The van der Waals surface area contributed by atoms with Crippen molar-refractivity contribution in [2.45, 2.75) is 47.1 Å². The van der Waals surface area contributed by atoms with Crippen LogP contribution in [0.3, 0.4) is 0 Å². The molecule has 0 radical (unpaired) electrons. The fourth-order valence-electron chi connectivity index (χ4n) is 9.33. The van der Waals surface area contributed by atoms with Gasteiger partial charge >= 0.3 is 36.5 Å². The average Bonchev–Trinajstić information content (AvgIpc) is 3.49. The third-order valence-corrected chi connectivity index (χ3v) is 14.2. The van der Waals surface area contributed by atoms with Crippen molar-refractivity contribution in [1.82, 2.24) is 19.6 Å². The summed E-state index contributed by atoms with van der Waals surface area (Å²) in [5.74, 6) is -2.74. The van der Waals surface area contributed by atoms with E-state index in [0.29, 0.717) is 11.1 Å². The monoisotopic (exact) mass is 1100 g/mol. The standard InChI is InChI=1S/C52H48F6N4O14S/c1-69-47(65)35-27-59(19-21-61(35)49(67)71-3)41(63)15-9-29-7-13-39(45(51(53,54)55)43(29)33-5-11-37-31(25-33)17-23-73-75-37)77-40-14-8-30(10-16-42(64)60-20-22-62(50(68)72-4)36(28-60)48(66)70-2)44(46(40)52(56,57)58)34-6-12-38-32(26-34)18-24-74-76-38/h5-16,25-26,35-36H,17-24,27-28H2,1-4H3/b15-9+,16-10+. The summed E-state index contributed by atoms with van der Waals surface area (Å²) in [6.45, 7) is -1.04. The Morgan fingerprint density at radius 3 is 1.32 bits per heavy atom. The molecule has 2 saturated heterocycles. The minimum absolute atomic E-state index is 0.0275. The number of carbonyl (C=O) groups is 6. The highest BCUT2D eigenvalue weighted by atomic mass is 32.2. The fraction of sp³-hybridized carbons (Fsp3) is 0.346. The van der Waals surface area contributed by atoms with E-state index in [4.69, 9.17) is 38.5 Å². The molecule has 0 aromatic heterocycles. The molecule has 8 rings (SSSR count). The lowest BCUT2D eigenvalue weighted by Crippen LogP contribution is -2.59. The van der Waals surface area contributed by atoms with Crippen molar-refractivity contribution in [3.63, 3.8) is 0 Å². The first-order valence-corrected chi connectivity index (χ1v) is 24.4. The lowest BCUT2D eigenvalue weighted by molar-refractivity contribution is -0.215. The first kappa shape index (κ1) is 55.5. The summed E-state index contributed by atoms with van der Waals surface area (Å²) >= 11 is 0.200. The Morgan fingerprint density at radius 1 is 0.558 bits per heavy atom. The number of amides is 4. The summed E-state index contributed by atoms with van der Waals surface area (Å²) in [7, 11) is 4.40. The van der Waals surface area contributed by atoms with E-state index in [0.717, 1.165) is 74.7 Å². The maximum atomic E-state index is 16.0. The molecule has 0 N–H and O–H groups in total. The number of piperazine rings is 2. The molecular formula is C52H48F6N4O14S. The van der Waals surface area contributed by atoms with Crippen LogP contribution in [0.4, 0.5) is 35.9 Å². The van der Waals surface area contributed by atoms with Crippen LogP contribution in [0.5, 0.6) is 11.5 Å². The van der Waals surface area contributed by atoms with Gasteiger partial charge in [-0.3, -0.25) is 19.4 Å². The smallest absolute Gasteiger partial charge is 0.418 e. The minimum Gasteiger partial charge on any atom is -0.467 e. The largest absolute Gasteiger partial charge is 0.467 e. The molecule has 77 heavy (non-hydrogen) atoms. The van der Waals surface area contributed by atoms with Gasteiger partial charge in [0.25, 0.3) is 0 Å². The molecule has 0 aliphatic carbocycles. The van der Waals surface area contributed by atoms with Crippen LogP contribution in [-0.2, 0) is 73.1 Å². The predicted octanol–water partition coefficient (Wildman–Crippen LogP) is 7.87. The fourth-order valence-corrected chi connectivity index (χ4v) is 10.5. The highest BCUT2D eigenvalue weighted by molar-refractivity contribution is 7.99. The van der Waals surface area contributed by atoms with E-state index in [9.17, 15) is 28.8 Å². The molecule has 25 heteroatoms. The number of halogens is 6. The van der Waals surface area contributed by atoms with E-state index in [1.54, 1.807) is 0 Å². The Bertz CT molecular complexity index is 2840. The van der Waals surface area contributed by atoms with Gasteiger partial charge in [0.2, 0.25) is 11.8 Å². The molecule has 0 saturated carbocycles. The Hall–Kier alpha value is -7.77. The molecule has 0 bridgehead atoms. The maximum Gasteiger partial charge on any atom is 0.418 e. The highest BCUT2D eigenvalue weighted by Gasteiger charge is 2.43. The zero-order chi connectivity index (χ0) is 55.3. The lowest BCUT2D eigenvalue weighted by atomic mass is 9.91. The molecule has 4 aliphatic heterocycles. The van der Waals surface area contributed by atoms with Crippen molar-refractivity contribution >= 4 is 59.9 Å². The number of methoxy groups -OCH3 is 4. The van der Waals surface area contributed by atoms with Crippen LogP contribution in [0.25, 0.3) is 34.4 Å². The van der Waals surface area contributed by atoms with Crippen LogP contribution in [0, 0.1) is 0 Å². The van der Waals surface area contributed by atoms with E-state index in [-0.39, 0.29) is 111 Å². The predicted molar refractivity (Wildman–Crippen MR) is 260 cm³/mol. The highest BCUT2D eigenvalue weighted by Crippen LogP contribution is 2.52. The number of rotatable bonds is 10. The second kappa shape index (κ2) is 23.2. The summed E-state index contributed by atoms with van der Waals surface area (Å²) in [4.78, 5) is 102. The van der Waals surface area contributed by atoms with Gasteiger partial charge < -0.3 is 38.5 Å². The molecule has 2 fully saturated rings. The molecular weight excluding hydrogens is 1050 g/mol. The van der Waals surface area contributed by atoms with Crippen LogP contribution in [0.15, 0.2) is 82.6 Å². The molecule has 4 aliphatic rings. The zero-order valence-corrected chi connectivity index (χ0v) is 42.3. The van der Waals surface area contributed by atoms with Crippen molar-refractivity contribution in [1.29, 1.82) is 0 Å². The molecule has 4 aromatic carbocycles. The van der Waals surface area contributed by atoms with Gasteiger partial charge in [-0.1, -0.05) is 36.0 Å². The van der Waals surface area contributed by atoms with Crippen molar-refractivity contribution < 1.29 is 93.6 Å². The van der Waals surface area contributed by atoms with Crippen LogP contribution >= 0.6 is 11.8 Å². The number of esters is 2. The maximum absolute atomic E-state index is 16.0. The van der Waals surface area contributed by atoms with Gasteiger partial charge in [0.05, 0.1) is 65.9 Å². The molecule has 0 spiro atoms. The summed E-state index contributed by atoms with van der Waals surface area (Å²) in [5.41, 5.74) is -3.11. The number of ether oxygens (including phenoxy) is 4. The van der Waals surface area contributed by atoms with Gasteiger partial charge in [0.1, 0.15) is 0 Å². The summed E-state index contributed by atoms with van der Waals surface area (Å²) in [6.07, 6.45) is -7.51. The molecule has 2 atom stereocenters. The second-order valence-corrected chi connectivity index (χ2v) is 18.6. The number of fused-ring (bicyclic) bond motifs is 2. The van der Waals surface area contributed by atoms with Crippen LogP contribution in [0.2, 0.25) is 0 Å². The van der Waals surface area contributed by atoms with E-state index in [2.05, 4.69) is 0 Å². The van der Waals surface area contributed by atoms with Gasteiger partial charge in [-0.25, -0.2) is 19.2 Å². The van der Waals surface area contributed by atoms with Crippen molar-refractivity contribution in [2.24, 2.45) is 0 Å². The number of hydrogen-bond acceptors (Lipinski definition) is 15. The molecule has 18 nitrogen and oxygen atoms in total. The van der Waals surface area contributed by atoms with Crippen LogP contribution < -0.4 is 9.78 Å². The minimum atomic E-state index is -5.25. The third-order valence-electron chi connectivity index (χ3n) is 13.1. The topological polar surface area (TPSA) is 189 Å². The van der Waals surface area contributed by atoms with Crippen LogP contribution in [-0.4, -0.2) is 149 Å². The Balaban J connectivity index is 1.23. The van der Waals surface area contributed by atoms with E-state index in [1.807, 2.05) is 0 Å². The van der Waals surface area contributed by atoms with Crippen molar-refractivity contribution in [3.05, 3.63) is 106 Å². The molecule has 2 unspecified atom stereocenters. The van der Waals surface area contributed by atoms with Gasteiger partial charge in [-0.15, -0.1) is 0 Å². The number of benzene rings is 4. The summed E-state index contributed by atoms with van der Waals surface area (Å²) < 4.78 is 115.